The van der Waals surface area contributed by atoms with Crippen LogP contribution in [-0.2, 0) is 0 Å². The Morgan fingerprint density at radius 1 is 1.55 bits per heavy atom. The fourth-order valence-corrected chi connectivity index (χ4v) is 0.802. The quantitative estimate of drug-likeness (QED) is 0.571. The highest BCUT2D eigenvalue weighted by molar-refractivity contribution is 5.35. The van der Waals surface area contributed by atoms with Gasteiger partial charge in [-0.15, -0.1) is 0 Å². The van der Waals surface area contributed by atoms with Gasteiger partial charge in [-0.2, -0.15) is 0 Å². The van der Waals surface area contributed by atoms with Gasteiger partial charge in [-0.3, -0.25) is 4.98 Å². The van der Waals surface area contributed by atoms with Crippen LogP contribution in [0.15, 0.2) is 30.5 Å². The lowest BCUT2D eigenvalue weighted by atomic mass is 10.3. The van der Waals surface area contributed by atoms with Gasteiger partial charge in [0.25, 0.3) is 0 Å². The zero-order valence-corrected chi connectivity index (χ0v) is 6.62. The maximum atomic E-state index is 4.06. The zero-order valence-electron chi connectivity index (χ0n) is 6.62. The molecular formula is C10H11N. The number of pyridine rings is 1. The topological polar surface area (TPSA) is 12.9 Å². The predicted molar refractivity (Wildman–Crippen MR) is 48.3 cm³/mol. The van der Waals surface area contributed by atoms with Crippen molar-refractivity contribution in [3.05, 3.63) is 41.0 Å². The van der Waals surface area contributed by atoms with Crippen LogP contribution in [0.1, 0.15) is 6.92 Å². The molecule has 0 atom stereocenters. The largest absolute Gasteiger partial charge is 0.257 e. The van der Waals surface area contributed by atoms with Crippen molar-refractivity contribution in [2.75, 3.05) is 0 Å². The van der Waals surface area contributed by atoms with Crippen molar-refractivity contribution in [3.63, 3.8) is 0 Å². The Balaban J connectivity index is 3.24. The maximum absolute atomic E-state index is 4.06. The van der Waals surface area contributed by atoms with E-state index in [9.17, 15) is 0 Å². The van der Waals surface area contributed by atoms with Gasteiger partial charge in [0, 0.05) is 6.20 Å². The molecule has 0 aromatic carbocycles. The van der Waals surface area contributed by atoms with E-state index >= 15 is 0 Å². The standard InChI is InChI=1S/C10H11N/c1-3-4-6-10-7-5-8-11-9(10)2/h3-8H,2H2,1H3/b4-3-,10-6-. The van der Waals surface area contributed by atoms with Crippen molar-refractivity contribution < 1.29 is 0 Å². The lowest BCUT2D eigenvalue weighted by molar-refractivity contribution is 1.23. The van der Waals surface area contributed by atoms with Gasteiger partial charge < -0.3 is 0 Å². The highest BCUT2D eigenvalue weighted by Gasteiger charge is 1.77. The first-order valence-corrected chi connectivity index (χ1v) is 3.57. The Kier molecular flexibility index (Phi) is 2.61. The Bertz CT molecular complexity index is 349. The SMILES string of the molecule is C=c1nccc/c1=C/C=C\C. The monoisotopic (exact) mass is 145 g/mol. The third-order valence-electron chi connectivity index (χ3n) is 1.39. The minimum Gasteiger partial charge on any atom is -0.257 e. The summed E-state index contributed by atoms with van der Waals surface area (Å²) in [5, 5.41) is 1.90. The second-order valence-electron chi connectivity index (χ2n) is 2.23. The molecule has 0 amide bonds. The second kappa shape index (κ2) is 3.71. The number of aromatic nitrogens is 1. The van der Waals surface area contributed by atoms with E-state index in [4.69, 9.17) is 0 Å². The van der Waals surface area contributed by atoms with Crippen LogP contribution < -0.4 is 10.6 Å². The summed E-state index contributed by atoms with van der Waals surface area (Å²) in [4.78, 5) is 4.06. The smallest absolute Gasteiger partial charge is 0.0630 e. The summed E-state index contributed by atoms with van der Waals surface area (Å²) in [7, 11) is 0. The number of allylic oxidation sites excluding steroid dienone is 2. The van der Waals surface area contributed by atoms with Gasteiger partial charge in [0.1, 0.15) is 0 Å². The Morgan fingerprint density at radius 3 is 3.00 bits per heavy atom. The van der Waals surface area contributed by atoms with Gasteiger partial charge in [0.05, 0.1) is 5.35 Å². The molecule has 0 radical (unpaired) electrons. The van der Waals surface area contributed by atoms with Crippen LogP contribution >= 0.6 is 0 Å². The molecule has 0 bridgehead atoms. The van der Waals surface area contributed by atoms with Crippen LogP contribution in [0.2, 0.25) is 0 Å². The molecule has 1 heterocycles. The minimum atomic E-state index is 0.825. The van der Waals surface area contributed by atoms with Gasteiger partial charge in [0.15, 0.2) is 0 Å². The number of hydrogen-bond donors (Lipinski definition) is 0. The van der Waals surface area contributed by atoms with Gasteiger partial charge in [-0.05, 0) is 18.2 Å². The third-order valence-corrected chi connectivity index (χ3v) is 1.39. The van der Waals surface area contributed by atoms with E-state index in [-0.39, 0.29) is 0 Å². The fourth-order valence-electron chi connectivity index (χ4n) is 0.802. The molecule has 0 saturated carbocycles. The Hall–Kier alpha value is -1.37. The molecule has 1 heteroatoms. The first-order valence-electron chi connectivity index (χ1n) is 3.57. The van der Waals surface area contributed by atoms with Crippen LogP contribution in [0, 0.1) is 0 Å². The number of nitrogens with zero attached hydrogens (tertiary/aromatic N) is 1. The van der Waals surface area contributed by atoms with E-state index < -0.39 is 0 Å². The molecule has 0 N–H and O–H groups in total. The van der Waals surface area contributed by atoms with Gasteiger partial charge in [-0.25, -0.2) is 0 Å². The molecule has 0 unspecified atom stereocenters. The van der Waals surface area contributed by atoms with Crippen molar-refractivity contribution in [1.82, 2.24) is 4.98 Å². The summed E-state index contributed by atoms with van der Waals surface area (Å²) in [6, 6.07) is 3.90. The molecular weight excluding hydrogens is 134 g/mol. The van der Waals surface area contributed by atoms with Crippen LogP contribution in [0.4, 0.5) is 0 Å². The maximum Gasteiger partial charge on any atom is 0.0630 e. The van der Waals surface area contributed by atoms with E-state index in [1.807, 2.05) is 37.3 Å². The Labute approximate surface area is 66.4 Å². The summed E-state index contributed by atoms with van der Waals surface area (Å²) < 4.78 is 0. The second-order valence-corrected chi connectivity index (χ2v) is 2.23. The van der Waals surface area contributed by atoms with Crippen LogP contribution in [0.25, 0.3) is 12.7 Å². The normalized spacial score (nSPS) is 12.6. The van der Waals surface area contributed by atoms with Crippen molar-refractivity contribution in [3.8, 4) is 0 Å². The lowest BCUT2D eigenvalue weighted by Crippen LogP contribution is -2.25. The van der Waals surface area contributed by atoms with Gasteiger partial charge in [-0.1, -0.05) is 30.9 Å². The molecule has 1 rings (SSSR count). The molecule has 0 aliphatic carbocycles. The van der Waals surface area contributed by atoms with Gasteiger partial charge in [0.2, 0.25) is 0 Å². The third kappa shape index (κ3) is 2.04. The van der Waals surface area contributed by atoms with Crippen molar-refractivity contribution >= 4 is 12.7 Å². The fraction of sp³-hybridized carbons (Fsp3) is 0.100. The summed E-state index contributed by atoms with van der Waals surface area (Å²) in [5.74, 6) is 0. The molecule has 56 valence electrons. The van der Waals surface area contributed by atoms with E-state index in [0.29, 0.717) is 0 Å². The highest BCUT2D eigenvalue weighted by atomic mass is 14.6. The van der Waals surface area contributed by atoms with E-state index in [2.05, 4.69) is 11.6 Å². The number of hydrogen-bond acceptors (Lipinski definition) is 1. The van der Waals surface area contributed by atoms with Crippen LogP contribution in [0.5, 0.6) is 0 Å². The summed E-state index contributed by atoms with van der Waals surface area (Å²) >= 11 is 0. The van der Waals surface area contributed by atoms with Crippen molar-refractivity contribution in [2.24, 2.45) is 0 Å². The van der Waals surface area contributed by atoms with Crippen LogP contribution in [-0.4, -0.2) is 4.98 Å². The molecule has 0 spiro atoms. The molecule has 0 saturated heterocycles. The zero-order chi connectivity index (χ0) is 8.10. The van der Waals surface area contributed by atoms with Crippen molar-refractivity contribution in [1.29, 1.82) is 0 Å². The average Bonchev–Trinajstić information content (AvgIpc) is 2.03. The van der Waals surface area contributed by atoms with E-state index in [1.165, 1.54) is 0 Å². The summed E-state index contributed by atoms with van der Waals surface area (Å²) in [6.45, 7) is 5.78. The van der Waals surface area contributed by atoms with E-state index in [1.54, 1.807) is 6.20 Å². The molecule has 11 heavy (non-hydrogen) atoms. The van der Waals surface area contributed by atoms with Crippen LogP contribution in [0.3, 0.4) is 0 Å². The molecule has 0 aliphatic heterocycles. The first-order chi connectivity index (χ1) is 5.34. The molecule has 1 nitrogen and oxygen atoms in total. The van der Waals surface area contributed by atoms with Crippen molar-refractivity contribution in [2.45, 2.75) is 6.92 Å². The summed E-state index contributed by atoms with van der Waals surface area (Å²) in [5.41, 5.74) is 0. The minimum absolute atomic E-state index is 0.825. The lowest BCUT2D eigenvalue weighted by Gasteiger charge is -1.83. The van der Waals surface area contributed by atoms with E-state index in [0.717, 1.165) is 10.6 Å². The first kappa shape index (κ1) is 7.73. The molecule has 0 aliphatic rings. The Morgan fingerprint density at radius 2 is 2.36 bits per heavy atom. The molecule has 1 aromatic rings. The average molecular weight is 145 g/mol. The molecule has 0 fully saturated rings. The highest BCUT2D eigenvalue weighted by Crippen LogP contribution is 1.71. The summed E-state index contributed by atoms with van der Waals surface area (Å²) in [6.07, 6.45) is 7.70. The van der Waals surface area contributed by atoms with Gasteiger partial charge >= 0.3 is 0 Å². The number of rotatable bonds is 1. The molecule has 1 aromatic heterocycles. The predicted octanol–water partition coefficient (Wildman–Crippen LogP) is 0.849.